The Labute approximate surface area is 118 Å². The van der Waals surface area contributed by atoms with Gasteiger partial charge in [0.15, 0.2) is 0 Å². The Morgan fingerprint density at radius 1 is 1.16 bits per heavy atom. The molecule has 0 fully saturated rings. The fourth-order valence-corrected chi connectivity index (χ4v) is 2.27. The van der Waals surface area contributed by atoms with Gasteiger partial charge in [0, 0.05) is 13.2 Å². The highest BCUT2D eigenvalue weighted by atomic mass is 16.5. The van der Waals surface area contributed by atoms with Crippen LogP contribution in [0.3, 0.4) is 0 Å². The van der Waals surface area contributed by atoms with Gasteiger partial charge in [0.05, 0.1) is 0 Å². The number of benzene rings is 1. The highest BCUT2D eigenvalue weighted by molar-refractivity contribution is 5.25. The summed E-state index contributed by atoms with van der Waals surface area (Å²) in [7, 11) is 0. The van der Waals surface area contributed by atoms with Gasteiger partial charge in [0.1, 0.15) is 0 Å². The van der Waals surface area contributed by atoms with Gasteiger partial charge in [-0.05, 0) is 56.3 Å². The molecule has 0 spiro atoms. The molecule has 0 bridgehead atoms. The molecule has 1 N–H and O–H groups in total. The molecule has 2 heteroatoms. The number of ether oxygens (including phenoxy) is 1. The predicted octanol–water partition coefficient (Wildman–Crippen LogP) is 3.58. The van der Waals surface area contributed by atoms with Gasteiger partial charge in [0.2, 0.25) is 0 Å². The van der Waals surface area contributed by atoms with Crippen LogP contribution in [0.1, 0.15) is 37.8 Å². The average Bonchev–Trinajstić information content (AvgIpc) is 2.43. The Hall–Kier alpha value is -0.860. The SMILES string of the molecule is CCCOCCC(CNCC)Cc1ccccc1C. The Morgan fingerprint density at radius 2 is 1.95 bits per heavy atom. The largest absolute Gasteiger partial charge is 0.381 e. The third kappa shape index (κ3) is 6.74. The van der Waals surface area contributed by atoms with Gasteiger partial charge in [-0.2, -0.15) is 0 Å². The van der Waals surface area contributed by atoms with Crippen LogP contribution in [-0.4, -0.2) is 26.3 Å². The monoisotopic (exact) mass is 263 g/mol. The van der Waals surface area contributed by atoms with Gasteiger partial charge >= 0.3 is 0 Å². The zero-order valence-electron chi connectivity index (χ0n) is 12.7. The van der Waals surface area contributed by atoms with Crippen molar-refractivity contribution in [3.05, 3.63) is 35.4 Å². The van der Waals surface area contributed by atoms with E-state index in [0.717, 1.165) is 45.6 Å². The van der Waals surface area contributed by atoms with E-state index in [0.29, 0.717) is 5.92 Å². The molecule has 1 rings (SSSR count). The molecule has 0 aromatic heterocycles. The molecule has 108 valence electrons. The fraction of sp³-hybridized carbons (Fsp3) is 0.647. The molecule has 0 amide bonds. The summed E-state index contributed by atoms with van der Waals surface area (Å²) in [4.78, 5) is 0. The van der Waals surface area contributed by atoms with Crippen LogP contribution in [0.15, 0.2) is 24.3 Å². The van der Waals surface area contributed by atoms with E-state index in [4.69, 9.17) is 4.74 Å². The van der Waals surface area contributed by atoms with Gasteiger partial charge in [-0.15, -0.1) is 0 Å². The molecule has 0 saturated heterocycles. The topological polar surface area (TPSA) is 21.3 Å². The van der Waals surface area contributed by atoms with Crippen LogP contribution in [0.5, 0.6) is 0 Å². The minimum atomic E-state index is 0.665. The smallest absolute Gasteiger partial charge is 0.0469 e. The third-order valence-corrected chi connectivity index (χ3v) is 3.47. The molecule has 0 radical (unpaired) electrons. The van der Waals surface area contributed by atoms with Gasteiger partial charge < -0.3 is 10.1 Å². The predicted molar refractivity (Wildman–Crippen MR) is 82.6 cm³/mol. The van der Waals surface area contributed by atoms with Gasteiger partial charge in [0.25, 0.3) is 0 Å². The maximum absolute atomic E-state index is 5.63. The lowest BCUT2D eigenvalue weighted by molar-refractivity contribution is 0.120. The molecule has 1 atom stereocenters. The Balaban J connectivity index is 2.46. The van der Waals surface area contributed by atoms with Crippen molar-refractivity contribution < 1.29 is 4.74 Å². The molecule has 0 heterocycles. The van der Waals surface area contributed by atoms with Gasteiger partial charge in [-0.1, -0.05) is 38.1 Å². The van der Waals surface area contributed by atoms with Crippen LogP contribution in [-0.2, 0) is 11.2 Å². The van der Waals surface area contributed by atoms with Crippen molar-refractivity contribution in [2.45, 2.75) is 40.0 Å². The molecule has 0 aliphatic heterocycles. The quantitative estimate of drug-likeness (QED) is 0.651. The summed E-state index contributed by atoms with van der Waals surface area (Å²) in [5.74, 6) is 0.665. The van der Waals surface area contributed by atoms with E-state index < -0.39 is 0 Å². The van der Waals surface area contributed by atoms with E-state index in [1.807, 2.05) is 0 Å². The summed E-state index contributed by atoms with van der Waals surface area (Å²) in [6.45, 7) is 10.4. The summed E-state index contributed by atoms with van der Waals surface area (Å²) in [6.07, 6.45) is 3.40. The first-order valence-electron chi connectivity index (χ1n) is 7.60. The van der Waals surface area contributed by atoms with E-state index in [9.17, 15) is 0 Å². The molecule has 1 aromatic carbocycles. The number of rotatable bonds is 10. The van der Waals surface area contributed by atoms with E-state index >= 15 is 0 Å². The van der Waals surface area contributed by atoms with Crippen molar-refractivity contribution in [3.8, 4) is 0 Å². The molecular weight excluding hydrogens is 234 g/mol. The normalized spacial score (nSPS) is 12.6. The van der Waals surface area contributed by atoms with E-state index in [1.54, 1.807) is 0 Å². The second-order valence-electron chi connectivity index (χ2n) is 5.21. The summed E-state index contributed by atoms with van der Waals surface area (Å²) in [5.41, 5.74) is 2.87. The average molecular weight is 263 g/mol. The lowest BCUT2D eigenvalue weighted by atomic mass is 9.94. The van der Waals surface area contributed by atoms with Crippen molar-refractivity contribution in [3.63, 3.8) is 0 Å². The lowest BCUT2D eigenvalue weighted by Gasteiger charge is -2.18. The summed E-state index contributed by atoms with van der Waals surface area (Å²) in [6, 6.07) is 8.71. The van der Waals surface area contributed by atoms with Gasteiger partial charge in [-0.25, -0.2) is 0 Å². The van der Waals surface area contributed by atoms with Crippen LogP contribution in [0.4, 0.5) is 0 Å². The highest BCUT2D eigenvalue weighted by Crippen LogP contribution is 2.15. The summed E-state index contributed by atoms with van der Waals surface area (Å²) in [5, 5.41) is 3.47. The molecule has 2 nitrogen and oxygen atoms in total. The minimum Gasteiger partial charge on any atom is -0.381 e. The second-order valence-corrected chi connectivity index (χ2v) is 5.21. The molecule has 19 heavy (non-hydrogen) atoms. The number of aryl methyl sites for hydroxylation is 1. The molecular formula is C17H29NO. The maximum Gasteiger partial charge on any atom is 0.0469 e. The fourth-order valence-electron chi connectivity index (χ4n) is 2.27. The molecule has 1 aromatic rings. The van der Waals surface area contributed by atoms with Crippen LogP contribution < -0.4 is 5.32 Å². The number of hydrogen-bond acceptors (Lipinski definition) is 2. The van der Waals surface area contributed by atoms with Crippen LogP contribution in [0.25, 0.3) is 0 Å². The molecule has 0 saturated carbocycles. The third-order valence-electron chi connectivity index (χ3n) is 3.47. The van der Waals surface area contributed by atoms with E-state index in [2.05, 4.69) is 50.4 Å². The second kappa shape index (κ2) is 9.99. The summed E-state index contributed by atoms with van der Waals surface area (Å²) < 4.78 is 5.63. The number of hydrogen-bond donors (Lipinski definition) is 1. The Kier molecular flexibility index (Phi) is 8.52. The Bertz CT molecular complexity index is 338. The lowest BCUT2D eigenvalue weighted by Crippen LogP contribution is -2.25. The first-order valence-corrected chi connectivity index (χ1v) is 7.60. The van der Waals surface area contributed by atoms with Crippen molar-refractivity contribution in [1.29, 1.82) is 0 Å². The first-order chi connectivity index (χ1) is 9.27. The van der Waals surface area contributed by atoms with Crippen LogP contribution in [0.2, 0.25) is 0 Å². The number of nitrogens with one attached hydrogen (secondary N) is 1. The van der Waals surface area contributed by atoms with Gasteiger partial charge in [-0.3, -0.25) is 0 Å². The van der Waals surface area contributed by atoms with Crippen LogP contribution >= 0.6 is 0 Å². The minimum absolute atomic E-state index is 0.665. The van der Waals surface area contributed by atoms with Crippen molar-refractivity contribution >= 4 is 0 Å². The van der Waals surface area contributed by atoms with E-state index in [1.165, 1.54) is 11.1 Å². The van der Waals surface area contributed by atoms with Crippen molar-refractivity contribution in [2.24, 2.45) is 5.92 Å². The highest BCUT2D eigenvalue weighted by Gasteiger charge is 2.10. The molecule has 0 aliphatic carbocycles. The van der Waals surface area contributed by atoms with Crippen molar-refractivity contribution in [1.82, 2.24) is 5.32 Å². The van der Waals surface area contributed by atoms with Crippen LogP contribution in [0, 0.1) is 12.8 Å². The zero-order valence-corrected chi connectivity index (χ0v) is 12.7. The Morgan fingerprint density at radius 3 is 2.63 bits per heavy atom. The maximum atomic E-state index is 5.63. The van der Waals surface area contributed by atoms with E-state index in [-0.39, 0.29) is 0 Å². The first kappa shape index (κ1) is 16.2. The summed E-state index contributed by atoms with van der Waals surface area (Å²) >= 11 is 0. The van der Waals surface area contributed by atoms with Crippen molar-refractivity contribution in [2.75, 3.05) is 26.3 Å². The zero-order chi connectivity index (χ0) is 13.9. The molecule has 1 unspecified atom stereocenters. The molecule has 0 aliphatic rings. The standard InChI is InChI=1S/C17H29NO/c1-4-11-19-12-10-16(14-18-5-2)13-17-9-7-6-8-15(17)3/h6-9,16,18H,4-5,10-14H2,1-3H3.